The second-order valence-electron chi connectivity index (χ2n) is 11.6. The Hall–Kier alpha value is -5.27. The van der Waals surface area contributed by atoms with Gasteiger partial charge in [0, 0.05) is 11.3 Å². The van der Waals surface area contributed by atoms with Crippen molar-refractivity contribution >= 4 is 38.0 Å². The number of hydrogen-bond acceptors (Lipinski definition) is 1. The van der Waals surface area contributed by atoms with Crippen molar-refractivity contribution in [2.24, 2.45) is 5.92 Å². The minimum atomic E-state index is 0.281. The molecule has 0 saturated carbocycles. The number of fused-ring (bicyclic) bond motifs is 3. The highest BCUT2D eigenvalue weighted by molar-refractivity contribution is 6.21. The molecule has 1 aromatic heterocycles. The molecule has 1 aliphatic rings. The van der Waals surface area contributed by atoms with Crippen LogP contribution in [0.5, 0.6) is 0 Å². The maximum atomic E-state index is 4.97. The van der Waals surface area contributed by atoms with Crippen molar-refractivity contribution in [3.05, 3.63) is 169 Å². The first kappa shape index (κ1) is 25.4. The number of allylic oxidation sites excluding steroid dienone is 4. The molecular formula is C42H31N. The molecule has 1 heterocycles. The summed E-state index contributed by atoms with van der Waals surface area (Å²) in [6, 6.07) is 50.4. The van der Waals surface area contributed by atoms with Crippen molar-refractivity contribution < 1.29 is 0 Å². The molecular weight excluding hydrogens is 518 g/mol. The van der Waals surface area contributed by atoms with Crippen LogP contribution < -0.4 is 0 Å². The highest BCUT2D eigenvalue weighted by atomic mass is 14.7. The Morgan fingerprint density at radius 2 is 1.14 bits per heavy atom. The normalized spacial score (nSPS) is 16.5. The number of aromatic nitrogens is 1. The Kier molecular flexibility index (Phi) is 6.23. The Bertz CT molecular complexity index is 2190. The van der Waals surface area contributed by atoms with Crippen molar-refractivity contribution in [2.45, 2.75) is 12.8 Å². The Morgan fingerprint density at radius 1 is 0.535 bits per heavy atom. The van der Waals surface area contributed by atoms with Crippen LogP contribution in [0.3, 0.4) is 0 Å². The minimum absolute atomic E-state index is 0.281. The Labute approximate surface area is 252 Å². The van der Waals surface area contributed by atoms with Crippen LogP contribution in [0.15, 0.2) is 158 Å². The summed E-state index contributed by atoms with van der Waals surface area (Å²) in [7, 11) is 0. The smallest absolute Gasteiger partial charge is 0.0709 e. The maximum absolute atomic E-state index is 4.97. The number of benzene rings is 6. The second kappa shape index (κ2) is 10.5. The molecule has 2 atom stereocenters. The van der Waals surface area contributed by atoms with Crippen LogP contribution in [0.25, 0.3) is 60.3 Å². The van der Waals surface area contributed by atoms with E-state index in [1.807, 2.05) is 0 Å². The van der Waals surface area contributed by atoms with Crippen LogP contribution in [0.4, 0.5) is 0 Å². The number of para-hydroxylation sites is 1. The van der Waals surface area contributed by atoms with Gasteiger partial charge in [0.2, 0.25) is 0 Å². The molecule has 0 bridgehead atoms. The third kappa shape index (κ3) is 4.45. The van der Waals surface area contributed by atoms with Crippen molar-refractivity contribution in [1.82, 2.24) is 4.98 Å². The number of pyridine rings is 1. The monoisotopic (exact) mass is 549 g/mol. The van der Waals surface area contributed by atoms with Gasteiger partial charge in [-0.1, -0.05) is 146 Å². The van der Waals surface area contributed by atoms with Gasteiger partial charge in [-0.15, -0.1) is 0 Å². The van der Waals surface area contributed by atoms with Crippen molar-refractivity contribution in [3.8, 4) is 22.3 Å². The largest absolute Gasteiger partial charge is 0.248 e. The van der Waals surface area contributed by atoms with Crippen LogP contribution in [0.1, 0.15) is 24.1 Å². The van der Waals surface area contributed by atoms with E-state index in [1.165, 1.54) is 60.3 Å². The van der Waals surface area contributed by atoms with Crippen LogP contribution in [-0.2, 0) is 0 Å². The Balaban J connectivity index is 1.29. The molecule has 2 unspecified atom stereocenters. The molecule has 1 heteroatoms. The summed E-state index contributed by atoms with van der Waals surface area (Å²) in [5.41, 5.74) is 9.69. The number of rotatable bonds is 4. The van der Waals surface area contributed by atoms with E-state index in [4.69, 9.17) is 4.98 Å². The van der Waals surface area contributed by atoms with Gasteiger partial charge in [0.15, 0.2) is 0 Å². The molecule has 0 N–H and O–H groups in total. The van der Waals surface area contributed by atoms with E-state index in [0.717, 1.165) is 11.2 Å². The van der Waals surface area contributed by atoms with Crippen LogP contribution in [0, 0.1) is 5.92 Å². The highest BCUT2D eigenvalue weighted by Gasteiger charge is 2.23. The first-order valence-electron chi connectivity index (χ1n) is 15.1. The lowest BCUT2D eigenvalue weighted by atomic mass is 9.79. The van der Waals surface area contributed by atoms with E-state index in [-0.39, 0.29) is 5.92 Å². The average Bonchev–Trinajstić information content (AvgIpc) is 3.07. The van der Waals surface area contributed by atoms with Gasteiger partial charge in [-0.25, -0.2) is 4.98 Å². The summed E-state index contributed by atoms with van der Waals surface area (Å²) < 4.78 is 0. The van der Waals surface area contributed by atoms with Gasteiger partial charge >= 0.3 is 0 Å². The standard InChI is InChI=1S/C42H31N/c1-28-26-33(40-25-22-29-12-8-11-19-39(29)43-40)21-23-34(28)32-20-24-37-38(27-32)42(31-15-6-3-7-16-31)36-18-10-9-17-35(36)41(37)30-13-4-2-5-14-30/h2-28,34H,1H3. The Morgan fingerprint density at radius 3 is 1.84 bits per heavy atom. The fraction of sp³-hybridized carbons (Fsp3) is 0.0714. The molecule has 43 heavy (non-hydrogen) atoms. The third-order valence-corrected chi connectivity index (χ3v) is 8.94. The topological polar surface area (TPSA) is 12.9 Å². The van der Waals surface area contributed by atoms with Gasteiger partial charge in [0.1, 0.15) is 0 Å². The lowest BCUT2D eigenvalue weighted by Crippen LogP contribution is -2.09. The predicted octanol–water partition coefficient (Wildman–Crippen LogP) is 11.2. The fourth-order valence-corrected chi connectivity index (χ4v) is 6.87. The van der Waals surface area contributed by atoms with Gasteiger partial charge in [-0.05, 0) is 79.1 Å². The van der Waals surface area contributed by atoms with Crippen molar-refractivity contribution in [3.63, 3.8) is 0 Å². The molecule has 0 radical (unpaired) electrons. The van der Waals surface area contributed by atoms with Crippen molar-refractivity contribution in [1.29, 1.82) is 0 Å². The zero-order valence-corrected chi connectivity index (χ0v) is 24.1. The van der Waals surface area contributed by atoms with Gasteiger partial charge in [0.05, 0.1) is 11.2 Å². The highest BCUT2D eigenvalue weighted by Crippen LogP contribution is 2.45. The lowest BCUT2D eigenvalue weighted by Gasteiger charge is -2.25. The number of hydrogen-bond donors (Lipinski definition) is 0. The molecule has 0 saturated heterocycles. The van der Waals surface area contributed by atoms with E-state index in [9.17, 15) is 0 Å². The zero-order valence-electron chi connectivity index (χ0n) is 24.1. The molecule has 6 aromatic carbocycles. The van der Waals surface area contributed by atoms with Crippen molar-refractivity contribution in [2.75, 3.05) is 0 Å². The SMILES string of the molecule is CC1C=C(c2ccc3ccccc3n2)C=CC1c1ccc2c(-c3ccccc3)c3ccccc3c(-c3ccccc3)c2c1. The molecule has 1 aliphatic carbocycles. The molecule has 0 aliphatic heterocycles. The third-order valence-electron chi connectivity index (χ3n) is 8.94. The summed E-state index contributed by atoms with van der Waals surface area (Å²) >= 11 is 0. The molecule has 0 amide bonds. The second-order valence-corrected chi connectivity index (χ2v) is 11.6. The number of nitrogens with zero attached hydrogens (tertiary/aromatic N) is 1. The molecule has 0 fully saturated rings. The van der Waals surface area contributed by atoms with E-state index < -0.39 is 0 Å². The predicted molar refractivity (Wildman–Crippen MR) is 183 cm³/mol. The molecule has 8 rings (SSSR count). The zero-order chi connectivity index (χ0) is 28.8. The van der Waals surface area contributed by atoms with E-state index >= 15 is 0 Å². The average molecular weight is 550 g/mol. The lowest BCUT2D eigenvalue weighted by molar-refractivity contribution is 0.638. The summed E-state index contributed by atoms with van der Waals surface area (Å²) in [5, 5.41) is 6.33. The first-order valence-corrected chi connectivity index (χ1v) is 15.1. The molecule has 204 valence electrons. The van der Waals surface area contributed by atoms with E-state index in [1.54, 1.807) is 0 Å². The minimum Gasteiger partial charge on any atom is -0.248 e. The van der Waals surface area contributed by atoms with E-state index in [0.29, 0.717) is 5.92 Å². The van der Waals surface area contributed by atoms with Gasteiger partial charge < -0.3 is 0 Å². The summed E-state index contributed by atoms with van der Waals surface area (Å²) in [4.78, 5) is 4.97. The fourth-order valence-electron chi connectivity index (χ4n) is 6.87. The quantitative estimate of drug-likeness (QED) is 0.199. The summed E-state index contributed by atoms with van der Waals surface area (Å²) in [6.07, 6.45) is 7.03. The van der Waals surface area contributed by atoms with Crippen LogP contribution in [-0.4, -0.2) is 4.98 Å². The van der Waals surface area contributed by atoms with Gasteiger partial charge in [0.25, 0.3) is 0 Å². The van der Waals surface area contributed by atoms with Gasteiger partial charge in [-0.2, -0.15) is 0 Å². The van der Waals surface area contributed by atoms with Crippen LogP contribution >= 0.6 is 0 Å². The molecule has 1 nitrogen and oxygen atoms in total. The van der Waals surface area contributed by atoms with Gasteiger partial charge in [-0.3, -0.25) is 0 Å². The summed E-state index contributed by atoms with van der Waals surface area (Å²) in [5.74, 6) is 0.615. The molecule has 7 aromatic rings. The van der Waals surface area contributed by atoms with E-state index in [2.05, 4.69) is 165 Å². The van der Waals surface area contributed by atoms with Crippen LogP contribution in [0.2, 0.25) is 0 Å². The first-order chi connectivity index (χ1) is 21.2. The molecule has 0 spiro atoms. The summed E-state index contributed by atoms with van der Waals surface area (Å²) in [6.45, 7) is 2.33. The maximum Gasteiger partial charge on any atom is 0.0709 e.